The first kappa shape index (κ1) is 17.9. The molecule has 5 rings (SSSR count). The van der Waals surface area contributed by atoms with Gasteiger partial charge in [0, 0.05) is 22.1 Å². The van der Waals surface area contributed by atoms with Gasteiger partial charge in [-0.1, -0.05) is 24.6 Å². The molecule has 0 aromatic carbocycles. The predicted octanol–water partition coefficient (Wildman–Crippen LogP) is 5.51. The van der Waals surface area contributed by atoms with E-state index in [2.05, 4.69) is 10.4 Å². The quantitative estimate of drug-likeness (QED) is 0.415. The van der Waals surface area contributed by atoms with Crippen LogP contribution in [0.25, 0.3) is 10.2 Å². The highest BCUT2D eigenvalue weighted by molar-refractivity contribution is 7.98. The van der Waals surface area contributed by atoms with E-state index in [1.54, 1.807) is 34.4 Å². The van der Waals surface area contributed by atoms with E-state index in [0.717, 1.165) is 57.5 Å². The zero-order valence-corrected chi connectivity index (χ0v) is 17.9. The van der Waals surface area contributed by atoms with E-state index in [1.807, 2.05) is 11.5 Å². The Morgan fingerprint density at radius 1 is 1.19 bits per heavy atom. The zero-order chi connectivity index (χ0) is 18.4. The Morgan fingerprint density at radius 2 is 2.00 bits per heavy atom. The number of nitrogens with zero attached hydrogens (tertiary/aromatic N) is 3. The number of rotatable bonds is 4. The van der Waals surface area contributed by atoms with Crippen LogP contribution in [0.5, 0.6) is 0 Å². The Kier molecular flexibility index (Phi) is 4.86. The fourth-order valence-electron chi connectivity index (χ4n) is 4.40. The molecule has 0 amide bonds. The lowest BCUT2D eigenvalue weighted by Crippen LogP contribution is -2.26. The molecule has 0 spiro atoms. The van der Waals surface area contributed by atoms with Crippen LogP contribution in [0.1, 0.15) is 65.7 Å². The van der Waals surface area contributed by atoms with E-state index in [-0.39, 0.29) is 5.56 Å². The number of hydrogen-bond donors (Lipinski definition) is 0. The van der Waals surface area contributed by atoms with Gasteiger partial charge in [0.25, 0.3) is 5.56 Å². The molecule has 0 N–H and O–H groups in total. The minimum atomic E-state index is 0.211. The third kappa shape index (κ3) is 3.28. The first-order chi connectivity index (χ1) is 13.2. The van der Waals surface area contributed by atoms with Gasteiger partial charge in [0.15, 0.2) is 5.16 Å². The van der Waals surface area contributed by atoms with Gasteiger partial charge >= 0.3 is 0 Å². The van der Waals surface area contributed by atoms with Gasteiger partial charge in [-0.05, 0) is 51.0 Å². The topological polar surface area (TPSA) is 47.8 Å². The molecule has 4 nitrogen and oxygen atoms in total. The molecule has 0 saturated heterocycles. The minimum Gasteiger partial charge on any atom is -0.284 e. The molecule has 0 atom stereocenters. The van der Waals surface area contributed by atoms with Gasteiger partial charge < -0.3 is 0 Å². The fourth-order valence-corrected chi connectivity index (χ4v) is 7.38. The smallest absolute Gasteiger partial charge is 0.263 e. The Hall–Kier alpha value is -1.18. The maximum atomic E-state index is 13.6. The van der Waals surface area contributed by atoms with E-state index in [0.29, 0.717) is 6.04 Å². The van der Waals surface area contributed by atoms with E-state index in [9.17, 15) is 4.79 Å². The molecule has 0 radical (unpaired) electrons. The Morgan fingerprint density at radius 3 is 2.78 bits per heavy atom. The second-order valence-corrected chi connectivity index (χ2v) is 10.6. The molecule has 1 saturated carbocycles. The molecule has 3 heterocycles. The maximum absolute atomic E-state index is 13.6. The van der Waals surface area contributed by atoms with Gasteiger partial charge in [-0.25, -0.2) is 9.97 Å². The van der Waals surface area contributed by atoms with Crippen molar-refractivity contribution in [1.29, 1.82) is 0 Å². The van der Waals surface area contributed by atoms with Crippen LogP contribution in [-0.2, 0) is 18.6 Å². The van der Waals surface area contributed by atoms with Crippen molar-refractivity contribution in [2.75, 3.05) is 0 Å². The third-order valence-corrected chi connectivity index (χ3v) is 8.69. The molecule has 1 fully saturated rings. The van der Waals surface area contributed by atoms with Crippen molar-refractivity contribution in [3.63, 3.8) is 0 Å². The average molecular weight is 418 g/mol. The monoisotopic (exact) mass is 417 g/mol. The van der Waals surface area contributed by atoms with Crippen LogP contribution in [0.4, 0.5) is 0 Å². The van der Waals surface area contributed by atoms with Gasteiger partial charge in [0.2, 0.25) is 0 Å². The van der Waals surface area contributed by atoms with Gasteiger partial charge in [-0.3, -0.25) is 9.36 Å². The Labute approximate surface area is 171 Å². The van der Waals surface area contributed by atoms with Crippen molar-refractivity contribution in [3.8, 4) is 0 Å². The number of thioether (sulfide) groups is 1. The molecule has 2 aliphatic carbocycles. The molecular weight excluding hydrogens is 394 g/mol. The standard InChI is InChI=1S/C20H23N3OS3/c1-12-21-13(10-25-12)11-26-20-22-18-17(15-8-4-5-9-16(15)27-18)19(24)23(20)14-6-2-3-7-14/h10,14H,2-9,11H2,1H3. The van der Waals surface area contributed by atoms with E-state index >= 15 is 0 Å². The first-order valence-corrected chi connectivity index (χ1v) is 12.5. The Bertz CT molecular complexity index is 1040. The molecule has 0 unspecified atom stereocenters. The summed E-state index contributed by atoms with van der Waals surface area (Å²) in [6.07, 6.45) is 9.22. The van der Waals surface area contributed by atoms with E-state index in [4.69, 9.17) is 4.98 Å². The van der Waals surface area contributed by atoms with Crippen molar-refractivity contribution in [3.05, 3.63) is 36.9 Å². The highest BCUT2D eigenvalue weighted by Crippen LogP contribution is 2.37. The van der Waals surface area contributed by atoms with Crippen LogP contribution in [0.3, 0.4) is 0 Å². The van der Waals surface area contributed by atoms with Crippen molar-refractivity contribution >= 4 is 44.7 Å². The number of thiazole rings is 1. The SMILES string of the molecule is Cc1nc(CSc2nc3sc4c(c3c(=O)n2C2CCCC2)CCCC4)cs1. The van der Waals surface area contributed by atoms with Crippen LogP contribution in [-0.4, -0.2) is 14.5 Å². The molecule has 3 aromatic heterocycles. The summed E-state index contributed by atoms with van der Waals surface area (Å²) in [7, 11) is 0. The first-order valence-electron chi connectivity index (χ1n) is 9.81. The number of thiophene rings is 1. The zero-order valence-electron chi connectivity index (χ0n) is 15.5. The average Bonchev–Trinajstić information content (AvgIpc) is 3.39. The summed E-state index contributed by atoms with van der Waals surface area (Å²) in [4.78, 5) is 25.5. The lowest BCUT2D eigenvalue weighted by molar-refractivity contribution is 0.457. The predicted molar refractivity (Wildman–Crippen MR) is 114 cm³/mol. The van der Waals surface area contributed by atoms with E-state index in [1.165, 1.54) is 36.1 Å². The molecule has 3 aromatic rings. The molecule has 0 bridgehead atoms. The second kappa shape index (κ2) is 7.33. The number of aromatic nitrogens is 3. The normalized spacial score (nSPS) is 17.7. The van der Waals surface area contributed by atoms with Crippen molar-refractivity contribution in [2.24, 2.45) is 0 Å². The van der Waals surface area contributed by atoms with Crippen molar-refractivity contribution in [1.82, 2.24) is 14.5 Å². The van der Waals surface area contributed by atoms with E-state index < -0.39 is 0 Å². The Balaban J connectivity index is 1.61. The van der Waals surface area contributed by atoms with Crippen LogP contribution in [0, 0.1) is 6.92 Å². The van der Waals surface area contributed by atoms with Gasteiger partial charge in [-0.2, -0.15) is 0 Å². The summed E-state index contributed by atoms with van der Waals surface area (Å²) in [5.74, 6) is 0.778. The highest BCUT2D eigenvalue weighted by Gasteiger charge is 2.27. The summed E-state index contributed by atoms with van der Waals surface area (Å²) >= 11 is 5.11. The number of aryl methyl sites for hydroxylation is 3. The fraction of sp³-hybridized carbons (Fsp3) is 0.550. The maximum Gasteiger partial charge on any atom is 0.263 e. The lowest BCUT2D eigenvalue weighted by Gasteiger charge is -2.18. The van der Waals surface area contributed by atoms with Crippen LogP contribution >= 0.6 is 34.4 Å². The van der Waals surface area contributed by atoms with Crippen LogP contribution < -0.4 is 5.56 Å². The van der Waals surface area contributed by atoms with Crippen molar-refractivity contribution in [2.45, 2.75) is 75.2 Å². The molecule has 2 aliphatic rings. The molecule has 142 valence electrons. The summed E-state index contributed by atoms with van der Waals surface area (Å²) in [6.45, 7) is 2.04. The summed E-state index contributed by atoms with van der Waals surface area (Å²) in [5, 5.41) is 5.02. The molecular formula is C20H23N3OS3. The van der Waals surface area contributed by atoms with Crippen LogP contribution in [0.15, 0.2) is 15.3 Å². The van der Waals surface area contributed by atoms with Crippen LogP contribution in [0.2, 0.25) is 0 Å². The molecule has 27 heavy (non-hydrogen) atoms. The van der Waals surface area contributed by atoms with Gasteiger partial charge in [0.1, 0.15) is 4.83 Å². The van der Waals surface area contributed by atoms with Gasteiger partial charge in [-0.15, -0.1) is 22.7 Å². The third-order valence-electron chi connectivity index (χ3n) is 5.69. The van der Waals surface area contributed by atoms with Crippen molar-refractivity contribution < 1.29 is 0 Å². The summed E-state index contributed by atoms with van der Waals surface area (Å²) in [6, 6.07) is 0.313. The lowest BCUT2D eigenvalue weighted by atomic mass is 9.97. The number of fused-ring (bicyclic) bond motifs is 3. The summed E-state index contributed by atoms with van der Waals surface area (Å²) < 4.78 is 2.04. The molecule has 7 heteroatoms. The summed E-state index contributed by atoms with van der Waals surface area (Å²) in [5.41, 5.74) is 2.60. The number of hydrogen-bond acceptors (Lipinski definition) is 6. The minimum absolute atomic E-state index is 0.211. The highest BCUT2D eigenvalue weighted by atomic mass is 32.2. The van der Waals surface area contributed by atoms with Gasteiger partial charge in [0.05, 0.1) is 16.1 Å². The molecule has 0 aliphatic heterocycles. The second-order valence-electron chi connectivity index (χ2n) is 7.55. The largest absolute Gasteiger partial charge is 0.284 e.